The predicted octanol–water partition coefficient (Wildman–Crippen LogP) is 3.58. The van der Waals surface area contributed by atoms with Crippen LogP contribution in [0.3, 0.4) is 0 Å². The van der Waals surface area contributed by atoms with Gasteiger partial charge in [0.05, 0.1) is 0 Å². The molecule has 1 aromatic carbocycles. The van der Waals surface area contributed by atoms with Gasteiger partial charge in [0.1, 0.15) is 5.69 Å². The first-order valence-electron chi connectivity index (χ1n) is 7.63. The van der Waals surface area contributed by atoms with Crippen LogP contribution < -0.4 is 10.6 Å². The Bertz CT molecular complexity index is 690. The van der Waals surface area contributed by atoms with Crippen LogP contribution in [0.1, 0.15) is 42.0 Å². The van der Waals surface area contributed by atoms with E-state index in [1.54, 1.807) is 6.07 Å². The number of aryl methyl sites for hydroxylation is 1. The molecule has 1 aromatic heterocycles. The van der Waals surface area contributed by atoms with Crippen molar-refractivity contribution in [3.63, 3.8) is 0 Å². The van der Waals surface area contributed by atoms with Crippen LogP contribution in [0.5, 0.6) is 0 Å². The standard InChI is InChI=1S/C17H21ClN4O/c1-4-11(2)20-16(23)15-9-12(3)21-17(22-15)19-10-13-7-5-6-8-14(13)18/h5-9,11H,4,10H2,1-3H3,(H,20,23)(H,19,21,22). The average Bonchev–Trinajstić information content (AvgIpc) is 2.53. The summed E-state index contributed by atoms with van der Waals surface area (Å²) in [6.07, 6.45) is 0.868. The second-order valence-corrected chi connectivity index (χ2v) is 5.85. The van der Waals surface area contributed by atoms with Crippen molar-refractivity contribution in [3.05, 3.63) is 52.3 Å². The third-order valence-corrected chi connectivity index (χ3v) is 3.84. The van der Waals surface area contributed by atoms with Gasteiger partial charge in [-0.1, -0.05) is 36.7 Å². The summed E-state index contributed by atoms with van der Waals surface area (Å²) in [6.45, 7) is 6.31. The molecule has 0 aliphatic carbocycles. The van der Waals surface area contributed by atoms with Crippen molar-refractivity contribution in [1.29, 1.82) is 0 Å². The van der Waals surface area contributed by atoms with Crippen LogP contribution in [-0.2, 0) is 6.54 Å². The van der Waals surface area contributed by atoms with Gasteiger partial charge in [0.25, 0.3) is 5.91 Å². The van der Waals surface area contributed by atoms with Gasteiger partial charge in [-0.05, 0) is 38.0 Å². The first-order valence-corrected chi connectivity index (χ1v) is 8.01. The number of hydrogen-bond donors (Lipinski definition) is 2. The van der Waals surface area contributed by atoms with E-state index >= 15 is 0 Å². The maximum Gasteiger partial charge on any atom is 0.270 e. The van der Waals surface area contributed by atoms with Crippen LogP contribution in [0.25, 0.3) is 0 Å². The number of benzene rings is 1. The third-order valence-electron chi connectivity index (χ3n) is 3.47. The van der Waals surface area contributed by atoms with Crippen molar-refractivity contribution >= 4 is 23.5 Å². The molecular weight excluding hydrogens is 312 g/mol. The Morgan fingerprint density at radius 1 is 1.30 bits per heavy atom. The Labute approximate surface area is 141 Å². The minimum absolute atomic E-state index is 0.109. The quantitative estimate of drug-likeness (QED) is 0.848. The number of nitrogens with one attached hydrogen (secondary N) is 2. The molecule has 0 aliphatic heterocycles. The Hall–Kier alpha value is -2.14. The van der Waals surface area contributed by atoms with Crippen molar-refractivity contribution in [2.24, 2.45) is 0 Å². The van der Waals surface area contributed by atoms with Crippen molar-refractivity contribution < 1.29 is 4.79 Å². The summed E-state index contributed by atoms with van der Waals surface area (Å²) in [5.74, 6) is 0.227. The molecule has 0 saturated heterocycles. The van der Waals surface area contributed by atoms with Crippen molar-refractivity contribution in [2.45, 2.75) is 39.8 Å². The van der Waals surface area contributed by atoms with Crippen molar-refractivity contribution in [1.82, 2.24) is 15.3 Å². The van der Waals surface area contributed by atoms with Gasteiger partial charge in [0, 0.05) is 23.3 Å². The molecule has 0 saturated carbocycles. The van der Waals surface area contributed by atoms with E-state index in [-0.39, 0.29) is 11.9 Å². The lowest BCUT2D eigenvalue weighted by molar-refractivity contribution is 0.0934. The molecule has 2 rings (SSSR count). The molecule has 1 heterocycles. The Morgan fingerprint density at radius 2 is 2.04 bits per heavy atom. The zero-order valence-corrected chi connectivity index (χ0v) is 14.3. The van der Waals surface area contributed by atoms with Gasteiger partial charge in [-0.3, -0.25) is 4.79 Å². The maximum absolute atomic E-state index is 12.2. The van der Waals surface area contributed by atoms with Crippen LogP contribution in [0.2, 0.25) is 5.02 Å². The van der Waals surface area contributed by atoms with Crippen LogP contribution in [0.4, 0.5) is 5.95 Å². The SMILES string of the molecule is CCC(C)NC(=O)c1cc(C)nc(NCc2ccccc2Cl)n1. The average molecular weight is 333 g/mol. The molecule has 2 N–H and O–H groups in total. The number of anilines is 1. The molecule has 6 heteroatoms. The predicted molar refractivity (Wildman–Crippen MR) is 92.8 cm³/mol. The molecule has 1 unspecified atom stereocenters. The minimum atomic E-state index is -0.189. The lowest BCUT2D eigenvalue weighted by Crippen LogP contribution is -2.32. The Kier molecular flexibility index (Phi) is 5.93. The van der Waals surface area contributed by atoms with Gasteiger partial charge in [0.15, 0.2) is 0 Å². The van der Waals surface area contributed by atoms with Gasteiger partial charge in [-0.15, -0.1) is 0 Å². The first-order chi connectivity index (χ1) is 11.0. The van der Waals surface area contributed by atoms with E-state index in [0.717, 1.165) is 17.7 Å². The van der Waals surface area contributed by atoms with Gasteiger partial charge in [-0.25, -0.2) is 9.97 Å². The van der Waals surface area contributed by atoms with Crippen LogP contribution in [0.15, 0.2) is 30.3 Å². The van der Waals surface area contributed by atoms with Gasteiger partial charge < -0.3 is 10.6 Å². The highest BCUT2D eigenvalue weighted by Crippen LogP contribution is 2.16. The second kappa shape index (κ2) is 7.92. The molecule has 0 bridgehead atoms. The zero-order valence-electron chi connectivity index (χ0n) is 13.6. The van der Waals surface area contributed by atoms with Crippen LogP contribution in [0, 0.1) is 6.92 Å². The number of rotatable bonds is 6. The second-order valence-electron chi connectivity index (χ2n) is 5.45. The normalized spacial score (nSPS) is 11.8. The van der Waals surface area contributed by atoms with E-state index in [1.807, 2.05) is 45.0 Å². The molecule has 1 atom stereocenters. The molecule has 0 fully saturated rings. The van der Waals surface area contributed by atoms with Gasteiger partial charge in [-0.2, -0.15) is 0 Å². The summed E-state index contributed by atoms with van der Waals surface area (Å²) < 4.78 is 0. The van der Waals surface area contributed by atoms with E-state index in [0.29, 0.717) is 23.2 Å². The largest absolute Gasteiger partial charge is 0.350 e. The third kappa shape index (κ3) is 4.93. The van der Waals surface area contributed by atoms with Crippen molar-refractivity contribution in [2.75, 3.05) is 5.32 Å². The fourth-order valence-corrected chi connectivity index (χ4v) is 2.18. The van der Waals surface area contributed by atoms with E-state index in [9.17, 15) is 4.79 Å². The highest BCUT2D eigenvalue weighted by atomic mass is 35.5. The highest BCUT2D eigenvalue weighted by molar-refractivity contribution is 6.31. The van der Waals surface area contributed by atoms with Crippen molar-refractivity contribution in [3.8, 4) is 0 Å². The number of amides is 1. The zero-order chi connectivity index (χ0) is 16.8. The smallest absolute Gasteiger partial charge is 0.270 e. The summed E-state index contributed by atoms with van der Waals surface area (Å²) in [4.78, 5) is 20.8. The fraction of sp³-hybridized carbons (Fsp3) is 0.353. The first kappa shape index (κ1) is 17.2. The van der Waals surface area contributed by atoms with Gasteiger partial charge in [0.2, 0.25) is 5.95 Å². The summed E-state index contributed by atoms with van der Waals surface area (Å²) in [5, 5.41) is 6.71. The number of nitrogens with zero attached hydrogens (tertiary/aromatic N) is 2. The number of halogens is 1. The molecule has 1 amide bonds. The number of carbonyl (C=O) groups excluding carboxylic acids is 1. The lowest BCUT2D eigenvalue weighted by Gasteiger charge is -2.12. The summed E-state index contributed by atoms with van der Waals surface area (Å²) in [7, 11) is 0. The molecule has 0 spiro atoms. The monoisotopic (exact) mass is 332 g/mol. The maximum atomic E-state index is 12.2. The minimum Gasteiger partial charge on any atom is -0.350 e. The number of aromatic nitrogens is 2. The molecule has 2 aromatic rings. The molecule has 0 aliphatic rings. The summed E-state index contributed by atoms with van der Waals surface area (Å²) in [5.41, 5.74) is 2.04. The Morgan fingerprint density at radius 3 is 2.74 bits per heavy atom. The van der Waals surface area contributed by atoms with E-state index in [2.05, 4.69) is 20.6 Å². The molecule has 5 nitrogen and oxygen atoms in total. The van der Waals surface area contributed by atoms with Crippen LogP contribution in [-0.4, -0.2) is 21.9 Å². The van der Waals surface area contributed by atoms with E-state index in [4.69, 9.17) is 11.6 Å². The summed E-state index contributed by atoms with van der Waals surface area (Å²) in [6, 6.07) is 9.36. The van der Waals surface area contributed by atoms with E-state index < -0.39 is 0 Å². The van der Waals surface area contributed by atoms with E-state index in [1.165, 1.54) is 0 Å². The highest BCUT2D eigenvalue weighted by Gasteiger charge is 2.12. The molecule has 23 heavy (non-hydrogen) atoms. The molecule has 0 radical (unpaired) electrons. The fourth-order valence-electron chi connectivity index (χ4n) is 1.98. The molecular formula is C17H21ClN4O. The topological polar surface area (TPSA) is 66.9 Å². The number of hydrogen-bond acceptors (Lipinski definition) is 4. The lowest BCUT2D eigenvalue weighted by atomic mass is 10.2. The Balaban J connectivity index is 2.11. The number of carbonyl (C=O) groups is 1. The van der Waals surface area contributed by atoms with Gasteiger partial charge >= 0.3 is 0 Å². The molecule has 122 valence electrons. The summed E-state index contributed by atoms with van der Waals surface area (Å²) >= 11 is 6.13. The van der Waals surface area contributed by atoms with Crippen LogP contribution >= 0.6 is 11.6 Å².